The molecule has 3 atom stereocenters. The van der Waals surface area contributed by atoms with Gasteiger partial charge in [0.25, 0.3) is 5.54 Å². The molecule has 0 N–H and O–H groups in total. The summed E-state index contributed by atoms with van der Waals surface area (Å²) in [6.45, 7) is -0.0551. The molecule has 0 spiro atoms. The Bertz CT molecular complexity index is 860. The van der Waals surface area contributed by atoms with Crippen LogP contribution in [0.5, 0.6) is 0 Å². The molecule has 148 valence electrons. The molecule has 0 amide bonds. The number of halogens is 1. The van der Waals surface area contributed by atoms with Crippen LogP contribution in [0.4, 0.5) is 0 Å². The third-order valence-corrected chi connectivity index (χ3v) is 5.98. The van der Waals surface area contributed by atoms with Gasteiger partial charge in [0, 0.05) is 33.7 Å². The Morgan fingerprint density at radius 1 is 1.18 bits per heavy atom. The summed E-state index contributed by atoms with van der Waals surface area (Å²) in [5.41, 5.74) is -3.81. The summed E-state index contributed by atoms with van der Waals surface area (Å²) in [5.74, 6) is -2.64. The van der Waals surface area contributed by atoms with Crippen LogP contribution >= 0.6 is 15.9 Å². The molecule has 2 bridgehead atoms. The van der Waals surface area contributed by atoms with E-state index in [9.17, 15) is 29.8 Å². The van der Waals surface area contributed by atoms with Crippen LogP contribution in [0.15, 0.2) is 42.5 Å². The number of carbonyl (C=O) groups excluding carboxylic acids is 2. The molecule has 28 heavy (non-hydrogen) atoms. The highest BCUT2D eigenvalue weighted by atomic mass is 79.9. The number of hydrogen-bond donors (Lipinski definition) is 0. The van der Waals surface area contributed by atoms with Gasteiger partial charge in [0.1, 0.15) is 5.92 Å². The SMILES string of the molecule is O=C(CC1C2([N+](=O)[O-])C=CC(=O)C1([N+](=O)[O-])CN(CCBr)C2)c1ccccc1. The lowest BCUT2D eigenvalue weighted by Crippen LogP contribution is -2.75. The number of hydrogen-bond acceptors (Lipinski definition) is 7. The Balaban J connectivity index is 2.12. The Morgan fingerprint density at radius 2 is 1.86 bits per heavy atom. The monoisotopic (exact) mass is 451 g/mol. The molecule has 3 rings (SSSR count). The van der Waals surface area contributed by atoms with Gasteiger partial charge in [0.05, 0.1) is 13.1 Å². The van der Waals surface area contributed by atoms with Crippen LogP contribution < -0.4 is 0 Å². The maximum atomic E-state index is 12.8. The Hall–Kier alpha value is -2.46. The molecule has 0 aromatic heterocycles. The standard InChI is InChI=1S/C18H18BrN3O6/c19-8-9-20-11-17(21(25)26)7-6-16(24)18(12-20,22(27)28)15(17)10-14(23)13-4-2-1-3-5-13/h1-7,15H,8-12H2. The second kappa shape index (κ2) is 7.51. The Kier molecular flexibility index (Phi) is 5.44. The van der Waals surface area contributed by atoms with Crippen LogP contribution in [0.25, 0.3) is 0 Å². The fourth-order valence-corrected chi connectivity index (χ4v) is 4.74. The molecule has 3 unspecified atom stereocenters. The van der Waals surface area contributed by atoms with Crippen molar-refractivity contribution in [1.29, 1.82) is 0 Å². The number of carbonyl (C=O) groups is 2. The van der Waals surface area contributed by atoms with Gasteiger partial charge >= 0.3 is 5.54 Å². The van der Waals surface area contributed by atoms with Crippen molar-refractivity contribution < 1.29 is 19.4 Å². The zero-order chi connectivity index (χ0) is 20.5. The molecule has 2 aliphatic rings. The lowest BCUT2D eigenvalue weighted by atomic mass is 9.60. The van der Waals surface area contributed by atoms with E-state index in [0.717, 1.165) is 12.2 Å². The van der Waals surface area contributed by atoms with E-state index in [1.165, 1.54) is 0 Å². The van der Waals surface area contributed by atoms with E-state index in [2.05, 4.69) is 15.9 Å². The first-order valence-electron chi connectivity index (χ1n) is 8.67. The van der Waals surface area contributed by atoms with E-state index in [1.54, 1.807) is 35.2 Å². The molecule has 1 heterocycles. The smallest absolute Gasteiger partial charge is 0.294 e. The zero-order valence-corrected chi connectivity index (χ0v) is 16.4. The van der Waals surface area contributed by atoms with Crippen molar-refractivity contribution in [2.75, 3.05) is 25.0 Å². The number of ketones is 2. The van der Waals surface area contributed by atoms with Crippen molar-refractivity contribution in [3.8, 4) is 0 Å². The van der Waals surface area contributed by atoms with Gasteiger partial charge in [-0.05, 0) is 12.2 Å². The van der Waals surface area contributed by atoms with Crippen molar-refractivity contribution in [3.63, 3.8) is 0 Å². The number of piperidine rings is 1. The fraction of sp³-hybridized carbons (Fsp3) is 0.444. The summed E-state index contributed by atoms with van der Waals surface area (Å²) >= 11 is 3.24. The van der Waals surface area contributed by atoms with Crippen LogP contribution in [0.2, 0.25) is 0 Å². The van der Waals surface area contributed by atoms with E-state index in [4.69, 9.17) is 0 Å². The summed E-state index contributed by atoms with van der Waals surface area (Å²) in [7, 11) is 0. The number of nitro groups is 2. The molecule has 1 saturated heterocycles. The van der Waals surface area contributed by atoms with E-state index in [-0.39, 0.29) is 13.1 Å². The second-order valence-corrected chi connectivity index (χ2v) is 7.87. The minimum absolute atomic E-state index is 0.0995. The maximum absolute atomic E-state index is 12.8. The molecule has 1 aromatic carbocycles. The van der Waals surface area contributed by atoms with Crippen molar-refractivity contribution in [2.24, 2.45) is 5.92 Å². The van der Waals surface area contributed by atoms with E-state index in [0.29, 0.717) is 17.4 Å². The van der Waals surface area contributed by atoms with Gasteiger partial charge in [-0.1, -0.05) is 46.3 Å². The largest absolute Gasteiger partial charge is 0.305 e. The van der Waals surface area contributed by atoms with E-state index in [1.807, 2.05) is 0 Å². The second-order valence-electron chi connectivity index (χ2n) is 7.07. The lowest BCUT2D eigenvalue weighted by molar-refractivity contribution is -0.623. The summed E-state index contributed by atoms with van der Waals surface area (Å²) in [5, 5.41) is 24.7. The lowest BCUT2D eigenvalue weighted by Gasteiger charge is -2.48. The molecule has 1 aliphatic carbocycles. The predicted molar refractivity (Wildman–Crippen MR) is 103 cm³/mol. The third-order valence-electron chi connectivity index (χ3n) is 5.62. The number of Topliss-reactive ketones (excluding diaryl/α,β-unsaturated/α-hetero) is 1. The van der Waals surface area contributed by atoms with Gasteiger partial charge in [0.2, 0.25) is 5.78 Å². The third kappa shape index (κ3) is 3.06. The highest BCUT2D eigenvalue weighted by molar-refractivity contribution is 9.09. The molecule has 0 radical (unpaired) electrons. The van der Waals surface area contributed by atoms with Gasteiger partial charge in [-0.25, -0.2) is 0 Å². The molecule has 1 aromatic rings. The summed E-state index contributed by atoms with van der Waals surface area (Å²) in [6, 6.07) is 8.10. The van der Waals surface area contributed by atoms with Crippen LogP contribution in [0, 0.1) is 26.1 Å². The van der Waals surface area contributed by atoms with Gasteiger partial charge in [-0.2, -0.15) is 0 Å². The number of fused-ring (bicyclic) bond motifs is 2. The normalized spacial score (nSPS) is 29.5. The molecule has 10 heteroatoms. The molecule has 9 nitrogen and oxygen atoms in total. The van der Waals surface area contributed by atoms with Gasteiger partial charge < -0.3 is 0 Å². The summed E-state index contributed by atoms with van der Waals surface area (Å²) in [4.78, 5) is 49.9. The number of alkyl halides is 1. The highest BCUT2D eigenvalue weighted by Gasteiger charge is 2.74. The van der Waals surface area contributed by atoms with Crippen molar-refractivity contribution in [2.45, 2.75) is 17.5 Å². The zero-order valence-electron chi connectivity index (χ0n) is 14.8. The van der Waals surface area contributed by atoms with Crippen LogP contribution in [0.3, 0.4) is 0 Å². The van der Waals surface area contributed by atoms with Crippen molar-refractivity contribution in [1.82, 2.24) is 4.90 Å². The first kappa shape index (κ1) is 20.3. The summed E-state index contributed by atoms with van der Waals surface area (Å²) in [6.07, 6.45) is 1.63. The molecule has 0 saturated carbocycles. The minimum Gasteiger partial charge on any atom is -0.294 e. The number of nitrogens with zero attached hydrogens (tertiary/aromatic N) is 3. The average molecular weight is 452 g/mol. The molecular formula is C18H18BrN3O6. The number of benzene rings is 1. The Labute approximate surface area is 168 Å². The average Bonchev–Trinajstić information content (AvgIpc) is 2.66. The van der Waals surface area contributed by atoms with Crippen LogP contribution in [-0.2, 0) is 4.79 Å². The molecular weight excluding hydrogens is 434 g/mol. The molecule has 1 fully saturated rings. The van der Waals surface area contributed by atoms with Crippen molar-refractivity contribution in [3.05, 3.63) is 68.3 Å². The predicted octanol–water partition coefficient (Wildman–Crippen LogP) is 1.76. The van der Waals surface area contributed by atoms with Gasteiger partial charge in [0.15, 0.2) is 5.78 Å². The Morgan fingerprint density at radius 3 is 2.43 bits per heavy atom. The van der Waals surface area contributed by atoms with Crippen LogP contribution in [-0.4, -0.2) is 62.4 Å². The fourth-order valence-electron chi connectivity index (χ4n) is 4.24. The first-order valence-corrected chi connectivity index (χ1v) is 9.79. The first-order chi connectivity index (χ1) is 13.3. The van der Waals surface area contributed by atoms with E-state index < -0.39 is 44.8 Å². The van der Waals surface area contributed by atoms with Gasteiger partial charge in [-0.3, -0.25) is 34.7 Å². The van der Waals surface area contributed by atoms with Crippen molar-refractivity contribution >= 4 is 27.5 Å². The highest BCUT2D eigenvalue weighted by Crippen LogP contribution is 2.46. The number of likely N-dealkylation sites (tertiary alicyclic amines) is 1. The minimum atomic E-state index is -2.23. The molecule has 1 aliphatic heterocycles. The van der Waals surface area contributed by atoms with Gasteiger partial charge in [-0.15, -0.1) is 0 Å². The topological polar surface area (TPSA) is 124 Å². The number of rotatable bonds is 7. The summed E-state index contributed by atoms with van der Waals surface area (Å²) < 4.78 is 0. The maximum Gasteiger partial charge on any atom is 0.305 e. The van der Waals surface area contributed by atoms with Crippen LogP contribution in [0.1, 0.15) is 16.8 Å². The van der Waals surface area contributed by atoms with E-state index >= 15 is 0 Å². The quantitative estimate of drug-likeness (QED) is 0.267.